The molecule has 2 N–H and O–H groups in total. The molecular weight excluding hydrogens is 511 g/mol. The summed E-state index contributed by atoms with van der Waals surface area (Å²) in [5.41, 5.74) is 6.27. The van der Waals surface area contributed by atoms with Gasteiger partial charge in [-0.1, -0.05) is 19.0 Å². The largest absolute Gasteiger partial charge is 0.490 e. The Labute approximate surface area is 225 Å². The quantitative estimate of drug-likeness (QED) is 0.398. The van der Waals surface area contributed by atoms with E-state index in [-0.39, 0.29) is 5.56 Å². The maximum absolute atomic E-state index is 14.3. The first-order valence-electron chi connectivity index (χ1n) is 13.5. The van der Waals surface area contributed by atoms with Crippen LogP contribution in [0.4, 0.5) is 25.1 Å². The topological polar surface area (TPSA) is 106 Å². The second-order valence-electron chi connectivity index (χ2n) is 10.5. The van der Waals surface area contributed by atoms with Gasteiger partial charge in [0.2, 0.25) is 5.95 Å². The van der Waals surface area contributed by atoms with Crippen molar-refractivity contribution in [3.8, 4) is 5.75 Å². The lowest BCUT2D eigenvalue weighted by Crippen LogP contribution is -2.36. The summed E-state index contributed by atoms with van der Waals surface area (Å²) in [6.07, 6.45) is 7.02. The van der Waals surface area contributed by atoms with E-state index in [9.17, 15) is 13.2 Å². The van der Waals surface area contributed by atoms with Gasteiger partial charge in [-0.05, 0) is 42.7 Å². The third-order valence-corrected chi connectivity index (χ3v) is 7.93. The van der Waals surface area contributed by atoms with Crippen LogP contribution in [-0.4, -0.2) is 58.9 Å². The van der Waals surface area contributed by atoms with Crippen LogP contribution in [0.15, 0.2) is 29.0 Å². The third kappa shape index (κ3) is 6.10. The van der Waals surface area contributed by atoms with Crippen molar-refractivity contribution in [1.82, 2.24) is 20.1 Å². The molecule has 210 valence electrons. The van der Waals surface area contributed by atoms with Crippen molar-refractivity contribution in [3.63, 3.8) is 0 Å². The first kappa shape index (κ1) is 27.2. The molecule has 39 heavy (non-hydrogen) atoms. The highest BCUT2D eigenvalue weighted by molar-refractivity contribution is 5.39. The number of halogens is 3. The average molecular weight is 546 g/mol. The Balaban J connectivity index is 1.08. The van der Waals surface area contributed by atoms with Crippen molar-refractivity contribution in [2.75, 3.05) is 42.6 Å². The third-order valence-electron chi connectivity index (χ3n) is 7.93. The zero-order chi connectivity index (χ0) is 27.5. The molecule has 9 nitrogen and oxygen atoms in total. The maximum Gasteiger partial charge on any atom is 0.324 e. The summed E-state index contributed by atoms with van der Waals surface area (Å²) in [6, 6.07) is 1.59. The molecular formula is C27H34F3N7O2. The van der Waals surface area contributed by atoms with Crippen LogP contribution < -0.4 is 20.3 Å². The van der Waals surface area contributed by atoms with Gasteiger partial charge in [0.1, 0.15) is 5.82 Å². The van der Waals surface area contributed by atoms with Crippen molar-refractivity contribution in [2.45, 2.75) is 51.5 Å². The number of aryl methyl sites for hydroxylation is 1. The first-order chi connectivity index (χ1) is 18.8. The molecule has 0 bridgehead atoms. The Morgan fingerprint density at radius 3 is 2.46 bits per heavy atom. The minimum absolute atomic E-state index is 0.0592. The lowest BCUT2D eigenvalue weighted by molar-refractivity contribution is 0.219. The predicted molar refractivity (Wildman–Crippen MR) is 139 cm³/mol. The Kier molecular flexibility index (Phi) is 8.20. The lowest BCUT2D eigenvalue weighted by atomic mass is 9.84. The van der Waals surface area contributed by atoms with Crippen molar-refractivity contribution >= 4 is 12.0 Å². The normalized spacial score (nSPS) is 21.0. The zero-order valence-electron chi connectivity index (χ0n) is 22.2. The lowest BCUT2D eigenvalue weighted by Gasteiger charge is -2.33. The zero-order valence-corrected chi connectivity index (χ0v) is 22.2. The highest BCUT2D eigenvalue weighted by Crippen LogP contribution is 2.32. The summed E-state index contributed by atoms with van der Waals surface area (Å²) in [5, 5.41) is 3.99. The molecule has 5 rings (SSSR count). The summed E-state index contributed by atoms with van der Waals surface area (Å²) in [7, 11) is 0. The summed E-state index contributed by atoms with van der Waals surface area (Å²) >= 11 is 0. The van der Waals surface area contributed by atoms with E-state index < -0.39 is 29.4 Å². The van der Waals surface area contributed by atoms with Crippen molar-refractivity contribution in [1.29, 1.82) is 0 Å². The van der Waals surface area contributed by atoms with Crippen LogP contribution >= 0.6 is 0 Å². The number of hydrogen-bond donors (Lipinski definition) is 1. The number of anilines is 2. The van der Waals surface area contributed by atoms with Crippen molar-refractivity contribution < 1.29 is 22.4 Å². The summed E-state index contributed by atoms with van der Waals surface area (Å²) < 4.78 is 52.6. The Morgan fingerprint density at radius 2 is 1.77 bits per heavy atom. The molecule has 0 aliphatic carbocycles. The fourth-order valence-electron chi connectivity index (χ4n) is 5.47. The van der Waals surface area contributed by atoms with Gasteiger partial charge in [-0.15, -0.1) is 0 Å². The number of hydrogen-bond acceptors (Lipinski definition) is 9. The highest BCUT2D eigenvalue weighted by Gasteiger charge is 2.35. The van der Waals surface area contributed by atoms with Gasteiger partial charge in [0.05, 0.1) is 19.0 Å². The van der Waals surface area contributed by atoms with Gasteiger partial charge in [-0.25, -0.2) is 23.1 Å². The number of rotatable bonds is 9. The molecule has 2 aromatic heterocycles. The Bertz CT molecular complexity index is 1250. The molecule has 2 aliphatic rings. The van der Waals surface area contributed by atoms with Gasteiger partial charge in [0.25, 0.3) is 0 Å². The second kappa shape index (κ2) is 11.8. The van der Waals surface area contributed by atoms with Crippen LogP contribution in [0, 0.1) is 29.3 Å². The van der Waals surface area contributed by atoms with E-state index in [2.05, 4.69) is 31.9 Å². The number of benzene rings is 1. The molecule has 12 heteroatoms. The number of aromatic nitrogens is 4. The SMILES string of the molecule is CCc1noc(N2CCC([C@H](C)CCOc3cnc(N4C[C@@H](N)[C@H](c5cc(F)c(F)cc5F)C4)nc3)CC2)n1. The van der Waals surface area contributed by atoms with Crippen LogP contribution in [0.5, 0.6) is 5.75 Å². The van der Waals surface area contributed by atoms with Crippen molar-refractivity contribution in [3.05, 3.63) is 53.4 Å². The minimum atomic E-state index is -1.22. The van der Waals surface area contributed by atoms with Crippen molar-refractivity contribution in [2.24, 2.45) is 17.6 Å². The molecule has 0 amide bonds. The van der Waals surface area contributed by atoms with Gasteiger partial charge in [0.15, 0.2) is 23.2 Å². The number of nitrogens with two attached hydrogens (primary N) is 1. The standard InChI is InChI=1S/C27H34F3N7O2/c1-3-25-34-27(39-35-25)36-7-4-17(5-8-36)16(2)6-9-38-18-12-32-26(33-13-18)37-14-20(24(31)15-37)19-10-22(29)23(30)11-21(19)28/h10-13,16-17,20,24H,3-9,14-15,31H2,1-2H3/t16-,20+,24-/m1/s1. The van der Waals surface area contributed by atoms with E-state index >= 15 is 0 Å². The molecule has 3 aromatic rings. The van der Waals surface area contributed by atoms with Crippen LogP contribution in [0.2, 0.25) is 0 Å². The molecule has 0 unspecified atom stereocenters. The van der Waals surface area contributed by atoms with Gasteiger partial charge in [-0.3, -0.25) is 0 Å². The number of ether oxygens (including phenoxy) is 1. The van der Waals surface area contributed by atoms with E-state index in [4.69, 9.17) is 15.0 Å². The summed E-state index contributed by atoms with van der Waals surface area (Å²) in [5.74, 6) is -0.796. The average Bonchev–Trinajstić information content (AvgIpc) is 3.58. The molecule has 0 spiro atoms. The van der Waals surface area contributed by atoms with E-state index in [0.29, 0.717) is 55.3 Å². The fraction of sp³-hybridized carbons (Fsp3) is 0.556. The summed E-state index contributed by atoms with van der Waals surface area (Å²) in [4.78, 5) is 17.2. The molecule has 0 radical (unpaired) electrons. The number of nitrogens with zero attached hydrogens (tertiary/aromatic N) is 6. The molecule has 0 saturated carbocycles. The van der Waals surface area contributed by atoms with E-state index in [1.54, 1.807) is 12.4 Å². The summed E-state index contributed by atoms with van der Waals surface area (Å²) in [6.45, 7) is 7.29. The van der Waals surface area contributed by atoms with Gasteiger partial charge in [-0.2, -0.15) is 4.98 Å². The molecule has 2 fully saturated rings. The Hall–Kier alpha value is -3.41. The molecule has 1 aromatic carbocycles. The predicted octanol–water partition coefficient (Wildman–Crippen LogP) is 4.09. The smallest absolute Gasteiger partial charge is 0.324 e. The van der Waals surface area contributed by atoms with E-state index in [0.717, 1.165) is 50.7 Å². The van der Waals surface area contributed by atoms with Gasteiger partial charge < -0.3 is 24.8 Å². The minimum Gasteiger partial charge on any atom is -0.490 e. The number of piperidine rings is 1. The molecule has 2 aliphatic heterocycles. The first-order valence-corrected chi connectivity index (χ1v) is 13.5. The molecule has 3 atom stereocenters. The van der Waals surface area contributed by atoms with Gasteiger partial charge >= 0.3 is 6.01 Å². The second-order valence-corrected chi connectivity index (χ2v) is 10.5. The maximum atomic E-state index is 14.3. The van der Waals surface area contributed by atoms with Crippen LogP contribution in [0.1, 0.15) is 50.4 Å². The van der Waals surface area contributed by atoms with Crippen LogP contribution in [0.25, 0.3) is 0 Å². The van der Waals surface area contributed by atoms with Crippen LogP contribution in [-0.2, 0) is 6.42 Å². The Morgan fingerprint density at radius 1 is 1.05 bits per heavy atom. The monoisotopic (exact) mass is 545 g/mol. The van der Waals surface area contributed by atoms with E-state index in [1.807, 2.05) is 11.8 Å². The van der Waals surface area contributed by atoms with E-state index in [1.165, 1.54) is 0 Å². The highest BCUT2D eigenvalue weighted by atomic mass is 19.2. The fourth-order valence-corrected chi connectivity index (χ4v) is 5.47. The van der Waals surface area contributed by atoms with Crippen LogP contribution in [0.3, 0.4) is 0 Å². The molecule has 2 saturated heterocycles. The molecule has 4 heterocycles. The van der Waals surface area contributed by atoms with Gasteiger partial charge in [0, 0.05) is 50.6 Å².